The highest BCUT2D eigenvalue weighted by Crippen LogP contribution is 2.49. The van der Waals surface area contributed by atoms with Gasteiger partial charge in [0, 0.05) is 46.5 Å². The number of aryl methyl sites for hydroxylation is 1. The number of ether oxygens (including phenoxy) is 2. The maximum absolute atomic E-state index is 13.7. The maximum atomic E-state index is 13.7. The van der Waals surface area contributed by atoms with Crippen LogP contribution in [0.15, 0.2) is 29.5 Å². The molecule has 33 heavy (non-hydrogen) atoms. The number of methoxy groups -OCH3 is 2. The predicted molar refractivity (Wildman–Crippen MR) is 126 cm³/mol. The Balaban J connectivity index is 1.67. The van der Waals surface area contributed by atoms with E-state index in [4.69, 9.17) is 9.47 Å². The fourth-order valence-corrected chi connectivity index (χ4v) is 6.81. The van der Waals surface area contributed by atoms with Gasteiger partial charge in [-0.15, -0.1) is 11.3 Å². The Bertz CT molecular complexity index is 1220. The lowest BCUT2D eigenvalue weighted by molar-refractivity contribution is -0.119. The third-order valence-electron chi connectivity index (χ3n) is 6.96. The van der Waals surface area contributed by atoms with E-state index in [0.717, 1.165) is 42.5 Å². The number of rotatable bonds is 4. The van der Waals surface area contributed by atoms with E-state index in [1.807, 2.05) is 12.1 Å². The lowest BCUT2D eigenvalue weighted by Crippen LogP contribution is -2.40. The van der Waals surface area contributed by atoms with Crippen molar-refractivity contribution in [3.05, 3.63) is 51.0 Å². The van der Waals surface area contributed by atoms with Crippen molar-refractivity contribution in [3.8, 4) is 17.6 Å². The third-order valence-corrected chi connectivity index (χ3v) is 8.24. The molecule has 7 heteroatoms. The molecule has 170 valence electrons. The number of carbonyl (C=O) groups excluding carboxylic acids is 2. The Morgan fingerprint density at radius 3 is 2.64 bits per heavy atom. The van der Waals surface area contributed by atoms with Crippen molar-refractivity contribution in [1.82, 2.24) is 0 Å². The average molecular weight is 463 g/mol. The van der Waals surface area contributed by atoms with Gasteiger partial charge in [-0.2, -0.15) is 5.26 Å². The van der Waals surface area contributed by atoms with Gasteiger partial charge in [0.05, 0.1) is 19.8 Å². The first-order valence-corrected chi connectivity index (χ1v) is 12.2. The van der Waals surface area contributed by atoms with Crippen LogP contribution in [0.25, 0.3) is 0 Å². The fourth-order valence-electron chi connectivity index (χ4n) is 5.42. The molecule has 6 nitrogen and oxygen atoms in total. The molecular formula is C26H26N2O4S. The summed E-state index contributed by atoms with van der Waals surface area (Å²) >= 11 is 1.56. The van der Waals surface area contributed by atoms with Crippen molar-refractivity contribution in [3.63, 3.8) is 0 Å². The summed E-state index contributed by atoms with van der Waals surface area (Å²) in [5.74, 6) is 0.914. The molecule has 0 fully saturated rings. The van der Waals surface area contributed by atoms with Crippen molar-refractivity contribution in [2.24, 2.45) is 0 Å². The molecule has 0 bridgehead atoms. The first kappa shape index (κ1) is 21.7. The number of hydrogen-bond donors (Lipinski definition) is 0. The molecule has 0 spiro atoms. The lowest BCUT2D eigenvalue weighted by Gasteiger charge is -2.38. The van der Waals surface area contributed by atoms with E-state index in [9.17, 15) is 14.9 Å². The number of nitrogens with zero attached hydrogens (tertiary/aromatic N) is 2. The molecule has 0 unspecified atom stereocenters. The van der Waals surface area contributed by atoms with Crippen LogP contribution in [-0.4, -0.2) is 25.9 Å². The monoisotopic (exact) mass is 462 g/mol. The van der Waals surface area contributed by atoms with Crippen LogP contribution >= 0.6 is 11.3 Å². The summed E-state index contributed by atoms with van der Waals surface area (Å²) in [6.07, 6.45) is 6.01. The topological polar surface area (TPSA) is 79.6 Å². The average Bonchev–Trinajstić information content (AvgIpc) is 3.21. The molecule has 1 amide bonds. The third kappa shape index (κ3) is 3.53. The highest BCUT2D eigenvalue weighted by Gasteiger charge is 2.42. The number of carbonyl (C=O) groups is 2. The first-order valence-electron chi connectivity index (χ1n) is 11.4. The minimum absolute atomic E-state index is 0.0681. The Kier molecular flexibility index (Phi) is 5.71. The molecule has 0 N–H and O–H groups in total. The summed E-state index contributed by atoms with van der Waals surface area (Å²) < 4.78 is 10.9. The Hall–Kier alpha value is -3.11. The fraction of sp³-hybridized carbons (Fsp3) is 0.423. The van der Waals surface area contributed by atoms with Crippen molar-refractivity contribution in [1.29, 1.82) is 5.26 Å². The molecule has 3 aliphatic rings. The number of hydrogen-bond acceptors (Lipinski definition) is 6. The van der Waals surface area contributed by atoms with E-state index in [1.54, 1.807) is 36.5 Å². The van der Waals surface area contributed by atoms with E-state index in [-0.39, 0.29) is 24.0 Å². The maximum Gasteiger partial charge on any atom is 0.232 e. The van der Waals surface area contributed by atoms with Crippen LogP contribution in [0.2, 0.25) is 0 Å². The number of anilines is 1. The molecule has 5 rings (SSSR count). The molecule has 1 aromatic carbocycles. The first-order chi connectivity index (χ1) is 16.1. The number of amides is 1. The van der Waals surface area contributed by atoms with Crippen molar-refractivity contribution in [2.45, 2.75) is 57.3 Å². The molecule has 2 heterocycles. The molecular weight excluding hydrogens is 436 g/mol. The number of ketones is 1. The minimum Gasteiger partial charge on any atom is -0.497 e. The van der Waals surface area contributed by atoms with Gasteiger partial charge in [-0.05, 0) is 50.2 Å². The van der Waals surface area contributed by atoms with Crippen LogP contribution in [0.4, 0.5) is 5.00 Å². The van der Waals surface area contributed by atoms with Gasteiger partial charge in [0.1, 0.15) is 22.6 Å². The van der Waals surface area contributed by atoms with Crippen LogP contribution in [0.5, 0.6) is 11.5 Å². The Labute approximate surface area is 197 Å². The zero-order chi connectivity index (χ0) is 23.1. The number of allylic oxidation sites excluding steroid dienone is 2. The van der Waals surface area contributed by atoms with E-state index >= 15 is 0 Å². The molecule has 1 aliphatic heterocycles. The molecule has 0 saturated heterocycles. The standard InChI is InChI=1S/C26H26N2O4S/c1-31-15-10-11-16(22(12-15)32-2)18-13-24(30)28(20-7-5-8-21(29)25(18)20)26-19(14-27)17-6-3-4-9-23(17)33-26/h10-12,18H,3-9,13H2,1-2H3/t18-/m1/s1. The second-order valence-electron chi connectivity index (χ2n) is 8.73. The van der Waals surface area contributed by atoms with Gasteiger partial charge in [0.15, 0.2) is 5.78 Å². The van der Waals surface area contributed by atoms with Gasteiger partial charge in [-0.25, -0.2) is 0 Å². The van der Waals surface area contributed by atoms with Gasteiger partial charge in [-0.1, -0.05) is 6.07 Å². The zero-order valence-electron chi connectivity index (χ0n) is 18.9. The quantitative estimate of drug-likeness (QED) is 0.636. The van der Waals surface area contributed by atoms with Crippen LogP contribution < -0.4 is 14.4 Å². The Morgan fingerprint density at radius 2 is 1.88 bits per heavy atom. The van der Waals surface area contributed by atoms with E-state index in [2.05, 4.69) is 6.07 Å². The molecule has 1 aromatic heterocycles. The largest absolute Gasteiger partial charge is 0.497 e. The number of thiophene rings is 1. The number of fused-ring (bicyclic) bond motifs is 1. The molecule has 0 saturated carbocycles. The summed E-state index contributed by atoms with van der Waals surface area (Å²) in [6, 6.07) is 7.90. The molecule has 2 aromatic rings. The zero-order valence-corrected chi connectivity index (χ0v) is 19.7. The van der Waals surface area contributed by atoms with E-state index in [1.165, 1.54) is 4.88 Å². The summed E-state index contributed by atoms with van der Waals surface area (Å²) in [7, 11) is 3.18. The van der Waals surface area contributed by atoms with Crippen LogP contribution in [0.3, 0.4) is 0 Å². The number of benzene rings is 1. The van der Waals surface area contributed by atoms with Crippen LogP contribution in [-0.2, 0) is 22.4 Å². The van der Waals surface area contributed by atoms with Crippen molar-refractivity contribution >= 4 is 28.0 Å². The predicted octanol–water partition coefficient (Wildman–Crippen LogP) is 5.04. The SMILES string of the molecule is COc1ccc([C@H]2CC(=O)N(c3sc4c(c3C#N)CCCC4)C3=C2C(=O)CCC3)c(OC)c1. The minimum atomic E-state index is -0.363. The molecule has 2 aliphatic carbocycles. The highest BCUT2D eigenvalue weighted by molar-refractivity contribution is 7.16. The van der Waals surface area contributed by atoms with Crippen molar-refractivity contribution < 1.29 is 19.1 Å². The molecule has 1 atom stereocenters. The Morgan fingerprint density at radius 1 is 1.06 bits per heavy atom. The second kappa shape index (κ2) is 8.68. The molecule has 0 radical (unpaired) electrons. The van der Waals surface area contributed by atoms with Gasteiger partial charge in [0.25, 0.3) is 0 Å². The lowest BCUT2D eigenvalue weighted by atomic mass is 9.77. The van der Waals surface area contributed by atoms with Gasteiger partial charge >= 0.3 is 0 Å². The van der Waals surface area contributed by atoms with Gasteiger partial charge in [-0.3, -0.25) is 14.5 Å². The van der Waals surface area contributed by atoms with Gasteiger partial charge < -0.3 is 9.47 Å². The summed E-state index contributed by atoms with van der Waals surface area (Å²) in [6.45, 7) is 0. The smallest absolute Gasteiger partial charge is 0.232 e. The summed E-state index contributed by atoms with van der Waals surface area (Å²) in [5.41, 5.74) is 3.99. The van der Waals surface area contributed by atoms with E-state index in [0.29, 0.717) is 46.9 Å². The second-order valence-corrected chi connectivity index (χ2v) is 9.82. The van der Waals surface area contributed by atoms with Gasteiger partial charge in [0.2, 0.25) is 5.91 Å². The summed E-state index contributed by atoms with van der Waals surface area (Å²) in [5, 5.41) is 10.7. The summed E-state index contributed by atoms with van der Waals surface area (Å²) in [4.78, 5) is 29.8. The number of Topliss-reactive ketones (excluding diaryl/α,β-unsaturated/α-hetero) is 1. The van der Waals surface area contributed by atoms with Crippen LogP contribution in [0, 0.1) is 11.3 Å². The highest BCUT2D eigenvalue weighted by atomic mass is 32.1. The van der Waals surface area contributed by atoms with Crippen LogP contribution in [0.1, 0.15) is 66.0 Å². The van der Waals surface area contributed by atoms with E-state index < -0.39 is 0 Å². The normalized spacial score (nSPS) is 20.3. The van der Waals surface area contributed by atoms with Crippen molar-refractivity contribution in [2.75, 3.05) is 19.1 Å². The number of nitriles is 1.